The lowest BCUT2D eigenvalue weighted by Crippen LogP contribution is -2.45. The number of piperidine rings is 1. The van der Waals surface area contributed by atoms with E-state index in [1.807, 2.05) is 13.0 Å². The van der Waals surface area contributed by atoms with Crippen LogP contribution < -0.4 is 0 Å². The summed E-state index contributed by atoms with van der Waals surface area (Å²) in [5, 5.41) is 12.2. The van der Waals surface area contributed by atoms with E-state index >= 15 is 0 Å². The van der Waals surface area contributed by atoms with Gasteiger partial charge in [0.15, 0.2) is 10.8 Å². The molecule has 106 valence electrons. The van der Waals surface area contributed by atoms with Crippen LogP contribution in [0.3, 0.4) is 0 Å². The van der Waals surface area contributed by atoms with Crippen molar-refractivity contribution in [1.82, 2.24) is 9.88 Å². The zero-order valence-electron chi connectivity index (χ0n) is 11.2. The van der Waals surface area contributed by atoms with Crippen LogP contribution in [0.15, 0.2) is 28.2 Å². The van der Waals surface area contributed by atoms with E-state index < -0.39 is 0 Å². The summed E-state index contributed by atoms with van der Waals surface area (Å²) in [5.74, 6) is 0.713. The Balaban J connectivity index is 1.75. The highest BCUT2D eigenvalue weighted by Gasteiger charge is 2.28. The average molecular weight is 292 g/mol. The molecule has 0 aromatic carbocycles. The number of aliphatic hydroxyl groups is 1. The first-order valence-corrected chi connectivity index (χ1v) is 7.50. The van der Waals surface area contributed by atoms with Crippen LogP contribution in [-0.2, 0) is 0 Å². The van der Waals surface area contributed by atoms with E-state index in [1.54, 1.807) is 22.6 Å². The smallest absolute Gasteiger partial charge is 0.273 e. The van der Waals surface area contributed by atoms with Crippen LogP contribution in [0.25, 0.3) is 10.8 Å². The first-order chi connectivity index (χ1) is 9.65. The molecule has 1 N–H and O–H groups in total. The van der Waals surface area contributed by atoms with Crippen LogP contribution in [-0.4, -0.2) is 40.1 Å². The van der Waals surface area contributed by atoms with Gasteiger partial charge in [0.05, 0.1) is 12.4 Å². The van der Waals surface area contributed by atoms with Gasteiger partial charge in [-0.3, -0.25) is 4.79 Å². The van der Waals surface area contributed by atoms with E-state index in [1.165, 1.54) is 11.3 Å². The number of aliphatic hydroxyl groups excluding tert-OH is 1. The molecule has 0 spiro atoms. The van der Waals surface area contributed by atoms with Crippen molar-refractivity contribution in [2.24, 2.45) is 5.92 Å². The summed E-state index contributed by atoms with van der Waals surface area (Å²) in [6.07, 6.45) is 1.90. The van der Waals surface area contributed by atoms with Crippen LogP contribution in [0.1, 0.15) is 23.8 Å². The molecule has 3 heterocycles. The average Bonchev–Trinajstić information content (AvgIpc) is 3.11. The maximum Gasteiger partial charge on any atom is 0.273 e. The second kappa shape index (κ2) is 5.38. The van der Waals surface area contributed by atoms with Crippen LogP contribution in [0, 0.1) is 5.92 Å². The molecule has 1 aliphatic rings. The molecule has 0 saturated carbocycles. The molecular formula is C14H16N2O3S. The van der Waals surface area contributed by atoms with Gasteiger partial charge in [-0.05, 0) is 24.5 Å². The van der Waals surface area contributed by atoms with Gasteiger partial charge in [-0.25, -0.2) is 4.98 Å². The van der Waals surface area contributed by atoms with Crippen LogP contribution >= 0.6 is 11.3 Å². The molecule has 0 radical (unpaired) electrons. The van der Waals surface area contributed by atoms with Gasteiger partial charge in [0, 0.05) is 18.5 Å². The van der Waals surface area contributed by atoms with Gasteiger partial charge < -0.3 is 14.4 Å². The number of carbonyl (C=O) groups excluding carboxylic acids is 1. The number of nitrogens with zero attached hydrogens (tertiary/aromatic N) is 2. The predicted octanol–water partition coefficient (Wildman–Crippen LogP) is 2.25. The first-order valence-electron chi connectivity index (χ1n) is 6.62. The first kappa shape index (κ1) is 13.3. The number of likely N-dealkylation sites (tertiary alicyclic amines) is 1. The van der Waals surface area contributed by atoms with E-state index in [0.29, 0.717) is 36.0 Å². The summed E-state index contributed by atoms with van der Waals surface area (Å²) in [7, 11) is 0. The minimum absolute atomic E-state index is 0.0715. The van der Waals surface area contributed by atoms with Crippen molar-refractivity contribution in [3.8, 4) is 10.8 Å². The molecule has 0 bridgehead atoms. The number of hydrogen-bond acceptors (Lipinski definition) is 5. The number of hydrogen-bond donors (Lipinski definition) is 1. The van der Waals surface area contributed by atoms with E-state index in [2.05, 4.69) is 4.98 Å². The summed E-state index contributed by atoms with van der Waals surface area (Å²) in [6, 6.07) is 3.62. The van der Waals surface area contributed by atoms with E-state index in [9.17, 15) is 9.90 Å². The predicted molar refractivity (Wildman–Crippen MR) is 75.5 cm³/mol. The Morgan fingerprint density at radius 1 is 1.60 bits per heavy atom. The van der Waals surface area contributed by atoms with Crippen LogP contribution in [0.2, 0.25) is 0 Å². The third-order valence-corrected chi connectivity index (χ3v) is 4.46. The number of thiazole rings is 1. The minimum atomic E-state index is -0.312. The van der Waals surface area contributed by atoms with E-state index in [0.717, 1.165) is 0 Å². The fraction of sp³-hybridized carbons (Fsp3) is 0.429. The normalized spacial score (nSPS) is 23.0. The molecular weight excluding hydrogens is 276 g/mol. The van der Waals surface area contributed by atoms with Gasteiger partial charge in [-0.1, -0.05) is 6.92 Å². The van der Waals surface area contributed by atoms with E-state index in [-0.39, 0.29) is 17.9 Å². The fourth-order valence-electron chi connectivity index (χ4n) is 2.37. The highest BCUT2D eigenvalue weighted by molar-refractivity contribution is 7.13. The van der Waals surface area contributed by atoms with Crippen molar-refractivity contribution in [3.63, 3.8) is 0 Å². The number of furan rings is 1. The van der Waals surface area contributed by atoms with Crippen molar-refractivity contribution in [2.45, 2.75) is 19.4 Å². The Hall–Kier alpha value is -1.66. The molecule has 3 rings (SSSR count). The maximum absolute atomic E-state index is 12.4. The Morgan fingerprint density at radius 3 is 3.15 bits per heavy atom. The Labute approximate surface area is 120 Å². The quantitative estimate of drug-likeness (QED) is 0.922. The van der Waals surface area contributed by atoms with E-state index in [4.69, 9.17) is 4.42 Å². The topological polar surface area (TPSA) is 66.6 Å². The Bertz CT molecular complexity index is 593. The molecule has 2 aromatic heterocycles. The lowest BCUT2D eigenvalue weighted by molar-refractivity contribution is 0.0294. The van der Waals surface area contributed by atoms with Gasteiger partial charge in [0.1, 0.15) is 5.69 Å². The fourth-order valence-corrected chi connectivity index (χ4v) is 3.13. The number of amides is 1. The van der Waals surface area contributed by atoms with Gasteiger partial charge in [-0.15, -0.1) is 11.3 Å². The van der Waals surface area contributed by atoms with Gasteiger partial charge in [-0.2, -0.15) is 0 Å². The highest BCUT2D eigenvalue weighted by atomic mass is 32.1. The van der Waals surface area contributed by atoms with Crippen molar-refractivity contribution < 1.29 is 14.3 Å². The van der Waals surface area contributed by atoms with Crippen LogP contribution in [0.5, 0.6) is 0 Å². The van der Waals surface area contributed by atoms with Gasteiger partial charge in [0.25, 0.3) is 5.91 Å². The lowest BCUT2D eigenvalue weighted by atomic mass is 9.96. The third kappa shape index (κ3) is 2.48. The SMILES string of the molecule is CC1CN(C(=O)c2csc(-c3ccco3)n2)CCC1O. The van der Waals surface area contributed by atoms with Gasteiger partial charge in [0.2, 0.25) is 0 Å². The summed E-state index contributed by atoms with van der Waals surface area (Å²) < 4.78 is 5.28. The highest BCUT2D eigenvalue weighted by Crippen LogP contribution is 2.25. The molecule has 6 heteroatoms. The summed E-state index contributed by atoms with van der Waals surface area (Å²) in [4.78, 5) is 18.5. The second-order valence-electron chi connectivity index (χ2n) is 5.10. The number of rotatable bonds is 2. The molecule has 2 aromatic rings. The molecule has 1 amide bonds. The molecule has 1 aliphatic heterocycles. The molecule has 2 atom stereocenters. The monoisotopic (exact) mass is 292 g/mol. The summed E-state index contributed by atoms with van der Waals surface area (Å²) >= 11 is 1.40. The Morgan fingerprint density at radius 2 is 2.45 bits per heavy atom. The maximum atomic E-state index is 12.4. The summed E-state index contributed by atoms with van der Waals surface area (Å²) in [5.41, 5.74) is 0.449. The Kier molecular flexibility index (Phi) is 3.58. The summed E-state index contributed by atoms with van der Waals surface area (Å²) in [6.45, 7) is 3.12. The zero-order chi connectivity index (χ0) is 14.1. The minimum Gasteiger partial charge on any atom is -0.462 e. The molecule has 1 fully saturated rings. The molecule has 20 heavy (non-hydrogen) atoms. The standard InChI is InChI=1S/C14H16N2O3S/c1-9-7-16(5-4-11(9)17)14(18)10-8-20-13(15-10)12-3-2-6-19-12/h2-3,6,8-9,11,17H,4-5,7H2,1H3. The third-order valence-electron chi connectivity index (χ3n) is 3.60. The molecule has 2 unspecified atom stereocenters. The number of carbonyl (C=O) groups is 1. The second-order valence-corrected chi connectivity index (χ2v) is 5.96. The lowest BCUT2D eigenvalue weighted by Gasteiger charge is -2.33. The number of aromatic nitrogens is 1. The zero-order valence-corrected chi connectivity index (χ0v) is 12.0. The largest absolute Gasteiger partial charge is 0.462 e. The van der Waals surface area contributed by atoms with Crippen molar-refractivity contribution >= 4 is 17.2 Å². The molecule has 0 aliphatic carbocycles. The van der Waals surface area contributed by atoms with Gasteiger partial charge >= 0.3 is 0 Å². The molecule has 1 saturated heterocycles. The van der Waals surface area contributed by atoms with Crippen molar-refractivity contribution in [2.75, 3.05) is 13.1 Å². The van der Waals surface area contributed by atoms with Crippen molar-refractivity contribution in [3.05, 3.63) is 29.5 Å². The van der Waals surface area contributed by atoms with Crippen molar-refractivity contribution in [1.29, 1.82) is 0 Å². The van der Waals surface area contributed by atoms with Crippen LogP contribution in [0.4, 0.5) is 0 Å². The molecule has 5 nitrogen and oxygen atoms in total.